The Bertz CT molecular complexity index is 1080. The molecule has 0 saturated carbocycles. The largest absolute Gasteiger partial charge is 0.337 e. The molecule has 0 spiro atoms. The smallest absolute Gasteiger partial charge is 0.161 e. The molecular formula is C18H13Cl2N5S2. The van der Waals surface area contributed by atoms with Crippen molar-refractivity contribution in [3.05, 3.63) is 63.5 Å². The van der Waals surface area contributed by atoms with E-state index in [1.54, 1.807) is 18.0 Å². The van der Waals surface area contributed by atoms with Gasteiger partial charge in [0, 0.05) is 16.5 Å². The Hall–Kier alpha value is -1.93. The molecule has 0 unspecified atom stereocenters. The summed E-state index contributed by atoms with van der Waals surface area (Å²) in [6.45, 7) is 0. The summed E-state index contributed by atoms with van der Waals surface area (Å²) in [7, 11) is 0. The highest BCUT2D eigenvalue weighted by Crippen LogP contribution is 2.31. The molecular weight excluding hydrogens is 421 g/mol. The van der Waals surface area contributed by atoms with Crippen LogP contribution in [0.4, 0.5) is 11.5 Å². The van der Waals surface area contributed by atoms with Crippen LogP contribution in [-0.2, 0) is 6.42 Å². The number of benzene rings is 1. The average molecular weight is 434 g/mol. The summed E-state index contributed by atoms with van der Waals surface area (Å²) in [5.41, 5.74) is 2.42. The third-order valence-corrected chi connectivity index (χ3v) is 6.17. The van der Waals surface area contributed by atoms with Crippen molar-refractivity contribution in [1.82, 2.24) is 19.9 Å². The molecule has 0 atom stereocenters. The number of thioether (sulfide) groups is 1. The van der Waals surface area contributed by atoms with Crippen LogP contribution in [0.25, 0.3) is 10.3 Å². The highest BCUT2D eigenvalue weighted by molar-refractivity contribution is 7.98. The number of thiazole rings is 1. The van der Waals surface area contributed by atoms with E-state index in [1.165, 1.54) is 17.7 Å². The maximum atomic E-state index is 6.28. The average Bonchev–Trinajstić information content (AvgIpc) is 3.09. The van der Waals surface area contributed by atoms with Gasteiger partial charge in [-0.05, 0) is 36.1 Å². The van der Waals surface area contributed by atoms with E-state index >= 15 is 0 Å². The molecule has 0 radical (unpaired) electrons. The van der Waals surface area contributed by atoms with Crippen molar-refractivity contribution in [2.24, 2.45) is 0 Å². The van der Waals surface area contributed by atoms with Gasteiger partial charge in [0.1, 0.15) is 21.7 Å². The summed E-state index contributed by atoms with van der Waals surface area (Å²) in [6, 6.07) is 9.40. The second kappa shape index (κ2) is 7.98. The number of aromatic nitrogens is 4. The van der Waals surface area contributed by atoms with Crippen molar-refractivity contribution in [3.8, 4) is 0 Å². The number of hydrogen-bond acceptors (Lipinski definition) is 7. The van der Waals surface area contributed by atoms with Gasteiger partial charge in [0.25, 0.3) is 0 Å². The van der Waals surface area contributed by atoms with Gasteiger partial charge in [0.05, 0.1) is 16.9 Å². The van der Waals surface area contributed by atoms with Crippen molar-refractivity contribution in [1.29, 1.82) is 0 Å². The Kier molecular flexibility index (Phi) is 5.45. The summed E-state index contributed by atoms with van der Waals surface area (Å²) >= 11 is 15.7. The fourth-order valence-corrected chi connectivity index (χ4v) is 4.34. The quantitative estimate of drug-likeness (QED) is 0.398. The van der Waals surface area contributed by atoms with E-state index in [0.717, 1.165) is 31.6 Å². The van der Waals surface area contributed by atoms with Gasteiger partial charge >= 0.3 is 0 Å². The molecule has 0 saturated heterocycles. The van der Waals surface area contributed by atoms with Gasteiger partial charge in [0.2, 0.25) is 0 Å². The molecule has 27 heavy (non-hydrogen) atoms. The van der Waals surface area contributed by atoms with E-state index in [9.17, 15) is 0 Å². The summed E-state index contributed by atoms with van der Waals surface area (Å²) in [6.07, 6.45) is 5.84. The lowest BCUT2D eigenvalue weighted by molar-refractivity contribution is 1.13. The van der Waals surface area contributed by atoms with Crippen LogP contribution in [0.1, 0.15) is 10.6 Å². The molecule has 0 aliphatic carbocycles. The Morgan fingerprint density at radius 1 is 1.07 bits per heavy atom. The zero-order valence-electron chi connectivity index (χ0n) is 14.1. The first kappa shape index (κ1) is 18.4. The molecule has 0 amide bonds. The molecule has 0 aliphatic rings. The van der Waals surface area contributed by atoms with Crippen molar-refractivity contribution >= 4 is 68.2 Å². The maximum absolute atomic E-state index is 6.28. The summed E-state index contributed by atoms with van der Waals surface area (Å²) < 4.78 is 0. The minimum absolute atomic E-state index is 0.545. The van der Waals surface area contributed by atoms with Crippen LogP contribution in [0.2, 0.25) is 10.0 Å². The molecule has 0 bridgehead atoms. The normalized spacial score (nSPS) is 11.1. The third-order valence-electron chi connectivity index (χ3n) is 3.84. The van der Waals surface area contributed by atoms with E-state index in [1.807, 2.05) is 36.6 Å². The fourth-order valence-electron chi connectivity index (χ4n) is 2.53. The highest BCUT2D eigenvalue weighted by Gasteiger charge is 2.14. The fraction of sp³-hybridized carbons (Fsp3) is 0.111. The van der Waals surface area contributed by atoms with Crippen molar-refractivity contribution < 1.29 is 0 Å². The third kappa shape index (κ3) is 4.01. The molecule has 3 aromatic heterocycles. The van der Waals surface area contributed by atoms with Crippen molar-refractivity contribution in [3.63, 3.8) is 0 Å². The lowest BCUT2D eigenvalue weighted by atomic mass is 10.1. The van der Waals surface area contributed by atoms with Crippen molar-refractivity contribution in [2.75, 3.05) is 11.6 Å². The van der Waals surface area contributed by atoms with Gasteiger partial charge in [-0.2, -0.15) is 0 Å². The Balaban J connectivity index is 1.65. The van der Waals surface area contributed by atoms with E-state index in [-0.39, 0.29) is 0 Å². The molecule has 5 nitrogen and oxygen atoms in total. The van der Waals surface area contributed by atoms with E-state index in [0.29, 0.717) is 22.3 Å². The van der Waals surface area contributed by atoms with Crippen LogP contribution in [0.15, 0.2) is 47.9 Å². The molecule has 9 heteroatoms. The Morgan fingerprint density at radius 3 is 2.59 bits per heavy atom. The predicted molar refractivity (Wildman–Crippen MR) is 114 cm³/mol. The lowest BCUT2D eigenvalue weighted by Gasteiger charge is -2.05. The zero-order chi connectivity index (χ0) is 18.8. The van der Waals surface area contributed by atoms with Gasteiger partial charge in [-0.15, -0.1) is 11.8 Å². The standard InChI is InChI=1S/C18H13Cl2N5S2/c1-26-14-6-5-10(8-21-14)24-17-16-18(23-9-22-17)27-15(25-16)7-11-12(19)3-2-4-13(11)20/h2-6,8-9H,7H2,1H3,(H,22,23,24). The minimum atomic E-state index is 0.545. The summed E-state index contributed by atoms with van der Waals surface area (Å²) in [5, 5.41) is 6.36. The number of hydrogen-bond donors (Lipinski definition) is 1. The molecule has 4 rings (SSSR count). The Labute approximate surface area is 174 Å². The number of halogens is 2. The Morgan fingerprint density at radius 2 is 1.89 bits per heavy atom. The number of fused-ring (bicyclic) bond motifs is 1. The predicted octanol–water partition coefficient (Wildman–Crippen LogP) is 5.84. The molecule has 1 N–H and O–H groups in total. The molecule has 0 fully saturated rings. The van der Waals surface area contributed by atoms with Crippen LogP contribution in [0, 0.1) is 0 Å². The molecule has 1 aromatic carbocycles. The number of pyridine rings is 1. The zero-order valence-corrected chi connectivity index (χ0v) is 17.3. The van der Waals surface area contributed by atoms with Crippen LogP contribution in [0.3, 0.4) is 0 Å². The van der Waals surface area contributed by atoms with Gasteiger partial charge in [0.15, 0.2) is 5.82 Å². The maximum Gasteiger partial charge on any atom is 0.161 e. The highest BCUT2D eigenvalue weighted by atomic mass is 35.5. The first-order valence-electron chi connectivity index (χ1n) is 7.94. The van der Waals surface area contributed by atoms with Crippen LogP contribution >= 0.6 is 46.3 Å². The number of nitrogens with one attached hydrogen (secondary N) is 1. The SMILES string of the molecule is CSc1ccc(Nc2ncnc3sc(Cc4c(Cl)cccc4Cl)nc23)cn1. The van der Waals surface area contributed by atoms with E-state index < -0.39 is 0 Å². The lowest BCUT2D eigenvalue weighted by Crippen LogP contribution is -1.96. The number of anilines is 2. The van der Waals surface area contributed by atoms with Gasteiger partial charge in [-0.3, -0.25) is 0 Å². The second-order valence-corrected chi connectivity index (χ2v) is 8.28. The van der Waals surface area contributed by atoms with Gasteiger partial charge in [-0.25, -0.2) is 19.9 Å². The van der Waals surface area contributed by atoms with E-state index in [4.69, 9.17) is 28.2 Å². The van der Waals surface area contributed by atoms with Crippen LogP contribution in [-0.4, -0.2) is 26.2 Å². The summed E-state index contributed by atoms with van der Waals surface area (Å²) in [5.74, 6) is 0.645. The van der Waals surface area contributed by atoms with Gasteiger partial charge < -0.3 is 5.32 Å². The molecule has 0 aliphatic heterocycles. The number of rotatable bonds is 5. The van der Waals surface area contributed by atoms with Crippen LogP contribution < -0.4 is 5.32 Å². The first-order valence-corrected chi connectivity index (χ1v) is 10.7. The van der Waals surface area contributed by atoms with Crippen LogP contribution in [0.5, 0.6) is 0 Å². The monoisotopic (exact) mass is 433 g/mol. The summed E-state index contributed by atoms with van der Waals surface area (Å²) in [4.78, 5) is 18.6. The van der Waals surface area contributed by atoms with Crippen molar-refractivity contribution in [2.45, 2.75) is 11.4 Å². The molecule has 3 heterocycles. The number of nitrogens with zero attached hydrogens (tertiary/aromatic N) is 4. The molecule has 4 aromatic rings. The minimum Gasteiger partial charge on any atom is -0.337 e. The first-order chi connectivity index (χ1) is 13.1. The molecule has 136 valence electrons. The second-order valence-electron chi connectivity index (χ2n) is 5.57. The topological polar surface area (TPSA) is 63.6 Å². The van der Waals surface area contributed by atoms with E-state index in [2.05, 4.69) is 20.3 Å². The van der Waals surface area contributed by atoms with Gasteiger partial charge in [-0.1, -0.05) is 40.6 Å².